The molecular weight excluding hydrogens is 314 g/mol. The highest BCUT2D eigenvalue weighted by molar-refractivity contribution is 7.13. The first-order chi connectivity index (χ1) is 11.2. The second-order valence-electron chi connectivity index (χ2n) is 5.66. The van der Waals surface area contributed by atoms with Gasteiger partial charge in [-0.05, 0) is 51.2 Å². The molecule has 23 heavy (non-hydrogen) atoms. The summed E-state index contributed by atoms with van der Waals surface area (Å²) in [5, 5.41) is 10.3. The lowest BCUT2D eigenvalue weighted by atomic mass is 9.96. The van der Waals surface area contributed by atoms with Crippen molar-refractivity contribution in [1.82, 2.24) is 15.1 Å². The summed E-state index contributed by atoms with van der Waals surface area (Å²) in [7, 11) is 0. The molecule has 0 aliphatic carbocycles. The first-order valence-corrected chi connectivity index (χ1v) is 8.85. The van der Waals surface area contributed by atoms with Crippen LogP contribution in [0.4, 0.5) is 0 Å². The van der Waals surface area contributed by atoms with Gasteiger partial charge in [0, 0.05) is 0 Å². The third-order valence-corrected chi connectivity index (χ3v) is 5.09. The van der Waals surface area contributed by atoms with Crippen molar-refractivity contribution in [2.45, 2.75) is 32.7 Å². The second-order valence-corrected chi connectivity index (χ2v) is 6.61. The fourth-order valence-corrected chi connectivity index (χ4v) is 3.49. The molecular formula is C16H21N3O3S. The van der Waals surface area contributed by atoms with E-state index in [9.17, 15) is 4.79 Å². The molecule has 0 radical (unpaired) electrons. The molecule has 1 saturated heterocycles. The Morgan fingerprint density at radius 1 is 1.48 bits per heavy atom. The van der Waals surface area contributed by atoms with E-state index in [-0.39, 0.29) is 17.9 Å². The first kappa shape index (κ1) is 16.1. The maximum absolute atomic E-state index is 11.8. The summed E-state index contributed by atoms with van der Waals surface area (Å²) < 4.78 is 10.9. The number of ether oxygens (including phenoxy) is 1. The van der Waals surface area contributed by atoms with Gasteiger partial charge >= 0.3 is 5.97 Å². The minimum atomic E-state index is -0.0717. The minimum Gasteiger partial charge on any atom is -0.466 e. The monoisotopic (exact) mass is 335 g/mol. The number of piperidine rings is 1. The Labute approximate surface area is 139 Å². The van der Waals surface area contributed by atoms with E-state index in [2.05, 4.69) is 22.0 Å². The Morgan fingerprint density at radius 3 is 2.91 bits per heavy atom. The largest absolute Gasteiger partial charge is 0.466 e. The lowest BCUT2D eigenvalue weighted by Crippen LogP contribution is -2.38. The summed E-state index contributed by atoms with van der Waals surface area (Å²) in [5.74, 6) is 1.14. The van der Waals surface area contributed by atoms with Gasteiger partial charge in [0.1, 0.15) is 0 Å². The highest BCUT2D eigenvalue weighted by atomic mass is 32.1. The van der Waals surface area contributed by atoms with Crippen molar-refractivity contribution in [2.24, 2.45) is 5.92 Å². The number of hydrogen-bond donors (Lipinski definition) is 0. The van der Waals surface area contributed by atoms with E-state index in [0.717, 1.165) is 30.8 Å². The first-order valence-electron chi connectivity index (χ1n) is 7.97. The predicted molar refractivity (Wildman–Crippen MR) is 87.0 cm³/mol. The average molecular weight is 335 g/mol. The molecule has 0 amide bonds. The van der Waals surface area contributed by atoms with Crippen LogP contribution in [-0.4, -0.2) is 40.8 Å². The topological polar surface area (TPSA) is 68.5 Å². The van der Waals surface area contributed by atoms with E-state index >= 15 is 0 Å². The van der Waals surface area contributed by atoms with Crippen LogP contribution in [0.5, 0.6) is 0 Å². The van der Waals surface area contributed by atoms with Crippen molar-refractivity contribution in [3.63, 3.8) is 0 Å². The second kappa shape index (κ2) is 7.23. The number of rotatable bonds is 5. The molecule has 1 aliphatic rings. The molecule has 7 heteroatoms. The van der Waals surface area contributed by atoms with Gasteiger partial charge < -0.3 is 9.15 Å². The molecule has 6 nitrogen and oxygen atoms in total. The average Bonchev–Trinajstić information content (AvgIpc) is 3.25. The maximum Gasteiger partial charge on any atom is 0.309 e. The third-order valence-electron chi connectivity index (χ3n) is 4.23. The molecule has 0 N–H and O–H groups in total. The zero-order valence-electron chi connectivity index (χ0n) is 13.4. The predicted octanol–water partition coefficient (Wildman–Crippen LogP) is 3.13. The minimum absolute atomic E-state index is 0.0164. The van der Waals surface area contributed by atoms with E-state index in [1.165, 1.54) is 0 Å². The summed E-state index contributed by atoms with van der Waals surface area (Å²) in [6, 6.07) is 3.99. The number of likely N-dealkylation sites (tertiary alicyclic amines) is 1. The van der Waals surface area contributed by atoms with Crippen LogP contribution in [0.1, 0.15) is 38.6 Å². The Bertz CT molecular complexity index is 633. The normalized spacial score (nSPS) is 18.0. The number of hydrogen-bond acceptors (Lipinski definition) is 7. The van der Waals surface area contributed by atoms with Crippen molar-refractivity contribution in [2.75, 3.05) is 19.7 Å². The number of esters is 1. The fraction of sp³-hybridized carbons (Fsp3) is 0.562. The van der Waals surface area contributed by atoms with Crippen molar-refractivity contribution in [3.8, 4) is 10.8 Å². The molecule has 0 bridgehead atoms. The van der Waals surface area contributed by atoms with E-state index in [0.29, 0.717) is 18.4 Å². The number of carbonyl (C=O) groups is 1. The van der Waals surface area contributed by atoms with Gasteiger partial charge in [-0.3, -0.25) is 9.69 Å². The Morgan fingerprint density at radius 2 is 2.26 bits per heavy atom. The summed E-state index contributed by atoms with van der Waals surface area (Å²) in [6.07, 6.45) is 1.63. The smallest absolute Gasteiger partial charge is 0.309 e. The van der Waals surface area contributed by atoms with Crippen molar-refractivity contribution in [3.05, 3.63) is 23.4 Å². The van der Waals surface area contributed by atoms with Crippen LogP contribution in [0.15, 0.2) is 21.9 Å². The quantitative estimate of drug-likeness (QED) is 0.782. The highest BCUT2D eigenvalue weighted by Crippen LogP contribution is 2.29. The summed E-state index contributed by atoms with van der Waals surface area (Å²) >= 11 is 1.58. The van der Waals surface area contributed by atoms with Crippen LogP contribution < -0.4 is 0 Å². The molecule has 2 aromatic heterocycles. The van der Waals surface area contributed by atoms with Gasteiger partial charge in [0.2, 0.25) is 5.89 Å². The zero-order valence-corrected chi connectivity index (χ0v) is 14.2. The molecule has 0 aromatic carbocycles. The van der Waals surface area contributed by atoms with Crippen molar-refractivity contribution >= 4 is 17.3 Å². The van der Waals surface area contributed by atoms with Gasteiger partial charge in [-0.15, -0.1) is 21.5 Å². The van der Waals surface area contributed by atoms with E-state index in [1.54, 1.807) is 11.3 Å². The lowest BCUT2D eigenvalue weighted by Gasteiger charge is -2.33. The molecule has 2 aromatic rings. The highest BCUT2D eigenvalue weighted by Gasteiger charge is 2.30. The summed E-state index contributed by atoms with van der Waals surface area (Å²) in [6.45, 7) is 6.03. The molecule has 1 fully saturated rings. The van der Waals surface area contributed by atoms with Gasteiger partial charge in [0.05, 0.1) is 23.4 Å². The standard InChI is InChI=1S/C16H21N3O3S/c1-3-21-16(20)12-6-8-19(9-7-12)11(2)14-17-18-15(22-14)13-5-4-10-23-13/h4-5,10-12H,3,6-9H2,1-2H3/t11-/m1/s1. The molecule has 1 aliphatic heterocycles. The van der Waals surface area contributed by atoms with Gasteiger partial charge in [-0.25, -0.2) is 0 Å². The molecule has 3 rings (SSSR count). The fourth-order valence-electron chi connectivity index (χ4n) is 2.84. The van der Waals surface area contributed by atoms with Crippen LogP contribution in [0.25, 0.3) is 10.8 Å². The Hall–Kier alpha value is -1.73. The van der Waals surface area contributed by atoms with Crippen LogP contribution in [0.3, 0.4) is 0 Å². The van der Waals surface area contributed by atoms with E-state index < -0.39 is 0 Å². The molecule has 1 atom stereocenters. The SMILES string of the molecule is CCOC(=O)C1CCN([C@H](C)c2nnc(-c3cccs3)o2)CC1. The molecule has 124 valence electrons. The maximum atomic E-state index is 11.8. The van der Waals surface area contributed by atoms with Gasteiger partial charge in [-0.2, -0.15) is 0 Å². The van der Waals surface area contributed by atoms with Crippen LogP contribution in [0, 0.1) is 5.92 Å². The number of nitrogens with zero attached hydrogens (tertiary/aromatic N) is 3. The van der Waals surface area contributed by atoms with Gasteiger partial charge in [0.25, 0.3) is 5.89 Å². The van der Waals surface area contributed by atoms with Gasteiger partial charge in [0.15, 0.2) is 0 Å². The molecule has 3 heterocycles. The zero-order chi connectivity index (χ0) is 16.2. The van der Waals surface area contributed by atoms with Gasteiger partial charge in [-0.1, -0.05) is 6.07 Å². The number of aromatic nitrogens is 2. The Balaban J connectivity index is 1.59. The molecule has 0 unspecified atom stereocenters. The number of carbonyl (C=O) groups excluding carboxylic acids is 1. The molecule has 0 spiro atoms. The number of thiophene rings is 1. The van der Waals surface area contributed by atoms with Crippen molar-refractivity contribution in [1.29, 1.82) is 0 Å². The van der Waals surface area contributed by atoms with Crippen LogP contribution >= 0.6 is 11.3 Å². The summed E-state index contributed by atoms with van der Waals surface area (Å²) in [4.78, 5) is 15.1. The van der Waals surface area contributed by atoms with E-state index in [4.69, 9.17) is 9.15 Å². The van der Waals surface area contributed by atoms with Crippen molar-refractivity contribution < 1.29 is 13.9 Å². The van der Waals surface area contributed by atoms with Crippen LogP contribution in [-0.2, 0) is 9.53 Å². The molecule has 0 saturated carbocycles. The third kappa shape index (κ3) is 3.61. The van der Waals surface area contributed by atoms with Crippen LogP contribution in [0.2, 0.25) is 0 Å². The van der Waals surface area contributed by atoms with E-state index in [1.807, 2.05) is 24.4 Å². The summed E-state index contributed by atoms with van der Waals surface area (Å²) in [5.41, 5.74) is 0. The lowest BCUT2D eigenvalue weighted by molar-refractivity contribution is -0.149. The Kier molecular flexibility index (Phi) is 5.07.